The number of aryl methyl sites for hydroxylation is 1. The van der Waals surface area contributed by atoms with E-state index in [1.807, 2.05) is 48.9 Å². The fourth-order valence-corrected chi connectivity index (χ4v) is 4.68. The van der Waals surface area contributed by atoms with E-state index in [0.717, 1.165) is 33.5 Å². The van der Waals surface area contributed by atoms with Crippen LogP contribution < -0.4 is 0 Å². The molecule has 2 aromatic heterocycles. The summed E-state index contributed by atoms with van der Waals surface area (Å²) in [5.74, 6) is -0.911. The standard InChI is InChI=1S/C24H21N3O3S/c1-5-30-24(29)23-14(2)19(13-26)22(31-23)11-21(28)16(12-25)10-18-15(3)27(4)20-9-7-6-8-17(18)20/h6-10H,5,11H2,1-4H3/b16-10+. The van der Waals surface area contributed by atoms with Gasteiger partial charge >= 0.3 is 5.97 Å². The van der Waals surface area contributed by atoms with Gasteiger partial charge in [-0.25, -0.2) is 4.79 Å². The van der Waals surface area contributed by atoms with Gasteiger partial charge < -0.3 is 9.30 Å². The number of fused-ring (bicyclic) bond motifs is 1. The van der Waals surface area contributed by atoms with Crippen LogP contribution in [-0.4, -0.2) is 22.9 Å². The van der Waals surface area contributed by atoms with Crippen LogP contribution in [0.25, 0.3) is 17.0 Å². The molecule has 1 aromatic carbocycles. The molecule has 0 saturated heterocycles. The molecule has 2 heterocycles. The van der Waals surface area contributed by atoms with Gasteiger partial charge in [-0.3, -0.25) is 4.79 Å². The monoisotopic (exact) mass is 431 g/mol. The SMILES string of the molecule is CCOC(=O)c1sc(CC(=O)/C(C#N)=C/c2c(C)n(C)c3ccccc23)c(C#N)c1C. The van der Waals surface area contributed by atoms with E-state index in [-0.39, 0.29) is 18.6 Å². The molecule has 3 aromatic rings. The van der Waals surface area contributed by atoms with E-state index >= 15 is 0 Å². The quantitative estimate of drug-likeness (QED) is 0.322. The molecule has 0 bridgehead atoms. The maximum Gasteiger partial charge on any atom is 0.348 e. The Morgan fingerprint density at radius 1 is 1.23 bits per heavy atom. The van der Waals surface area contributed by atoms with Crippen LogP contribution >= 0.6 is 11.3 Å². The first-order valence-corrected chi connectivity index (χ1v) is 10.5. The van der Waals surface area contributed by atoms with E-state index in [1.54, 1.807) is 19.9 Å². The molecule has 0 radical (unpaired) electrons. The first-order valence-electron chi connectivity index (χ1n) is 9.72. The summed E-state index contributed by atoms with van der Waals surface area (Å²) in [5, 5.41) is 20.2. The normalized spacial score (nSPS) is 11.2. The summed E-state index contributed by atoms with van der Waals surface area (Å²) < 4.78 is 7.06. The summed E-state index contributed by atoms with van der Waals surface area (Å²) in [6.07, 6.45) is 1.48. The summed E-state index contributed by atoms with van der Waals surface area (Å²) in [5.41, 5.74) is 3.57. The Balaban J connectivity index is 2.00. The number of carbonyl (C=O) groups is 2. The zero-order valence-corrected chi connectivity index (χ0v) is 18.6. The van der Waals surface area contributed by atoms with Crippen LogP contribution in [0, 0.1) is 36.5 Å². The lowest BCUT2D eigenvalue weighted by atomic mass is 10.0. The summed E-state index contributed by atoms with van der Waals surface area (Å²) in [6, 6.07) is 11.9. The van der Waals surface area contributed by atoms with Crippen LogP contribution in [0.15, 0.2) is 29.8 Å². The number of ether oxygens (including phenoxy) is 1. The maximum atomic E-state index is 13.0. The minimum atomic E-state index is -0.511. The van der Waals surface area contributed by atoms with Crippen molar-refractivity contribution < 1.29 is 14.3 Å². The predicted octanol–water partition coefficient (Wildman–Crippen LogP) is 4.62. The molecule has 6 nitrogen and oxygen atoms in total. The number of Topliss-reactive ketones (excluding diaryl/α,β-unsaturated/α-hetero) is 1. The molecule has 31 heavy (non-hydrogen) atoms. The lowest BCUT2D eigenvalue weighted by Crippen LogP contribution is -2.05. The van der Waals surface area contributed by atoms with Crippen LogP contribution in [0.2, 0.25) is 0 Å². The topological polar surface area (TPSA) is 95.9 Å². The second-order valence-corrected chi connectivity index (χ2v) is 8.14. The van der Waals surface area contributed by atoms with Crippen molar-refractivity contribution in [1.29, 1.82) is 10.5 Å². The van der Waals surface area contributed by atoms with Gasteiger partial charge in [0.25, 0.3) is 0 Å². The number of benzene rings is 1. The number of ketones is 1. The second kappa shape index (κ2) is 8.99. The molecule has 3 rings (SSSR count). The number of rotatable bonds is 6. The Bertz CT molecular complexity index is 1310. The number of nitriles is 2. The Morgan fingerprint density at radius 3 is 2.58 bits per heavy atom. The third-order valence-electron chi connectivity index (χ3n) is 5.27. The van der Waals surface area contributed by atoms with Gasteiger partial charge in [-0.15, -0.1) is 11.3 Å². The minimum Gasteiger partial charge on any atom is -0.462 e. The number of nitrogens with zero attached hydrogens (tertiary/aromatic N) is 3. The second-order valence-electron chi connectivity index (χ2n) is 7.03. The van der Waals surface area contributed by atoms with Crippen LogP contribution in [0.1, 0.15) is 43.9 Å². The predicted molar refractivity (Wildman–Crippen MR) is 120 cm³/mol. The van der Waals surface area contributed by atoms with Crippen molar-refractivity contribution in [1.82, 2.24) is 4.57 Å². The number of aromatic nitrogens is 1. The molecule has 0 N–H and O–H groups in total. The van der Waals surface area contributed by atoms with E-state index in [9.17, 15) is 20.1 Å². The van der Waals surface area contributed by atoms with Crippen LogP contribution in [-0.2, 0) is 23.0 Å². The fraction of sp³-hybridized carbons (Fsp3) is 0.250. The zero-order chi connectivity index (χ0) is 22.7. The average molecular weight is 432 g/mol. The summed E-state index contributed by atoms with van der Waals surface area (Å²) in [7, 11) is 1.94. The average Bonchev–Trinajstić information content (AvgIpc) is 3.20. The van der Waals surface area contributed by atoms with Crippen molar-refractivity contribution in [3.63, 3.8) is 0 Å². The van der Waals surface area contributed by atoms with Crippen molar-refractivity contribution in [3.8, 4) is 12.1 Å². The molecule has 0 amide bonds. The van der Waals surface area contributed by atoms with Crippen molar-refractivity contribution in [3.05, 3.63) is 62.0 Å². The molecular formula is C24H21N3O3S. The van der Waals surface area contributed by atoms with Gasteiger partial charge in [0.1, 0.15) is 17.0 Å². The lowest BCUT2D eigenvalue weighted by molar-refractivity contribution is -0.114. The van der Waals surface area contributed by atoms with E-state index < -0.39 is 11.8 Å². The first kappa shape index (κ1) is 22.0. The molecule has 0 aliphatic carbocycles. The molecule has 0 aliphatic heterocycles. The van der Waals surface area contributed by atoms with E-state index in [4.69, 9.17) is 4.74 Å². The first-order chi connectivity index (χ1) is 14.8. The van der Waals surface area contributed by atoms with Crippen LogP contribution in [0.5, 0.6) is 0 Å². The molecule has 0 aliphatic rings. The Hall–Kier alpha value is -3.68. The molecular weight excluding hydrogens is 410 g/mol. The third kappa shape index (κ3) is 4.01. The summed E-state index contributed by atoms with van der Waals surface area (Å²) in [6.45, 7) is 5.52. The molecule has 156 valence electrons. The number of allylic oxidation sites excluding steroid dienone is 1. The molecule has 0 atom stereocenters. The molecule has 0 unspecified atom stereocenters. The molecule has 7 heteroatoms. The van der Waals surface area contributed by atoms with Crippen LogP contribution in [0.3, 0.4) is 0 Å². The van der Waals surface area contributed by atoms with Crippen LogP contribution in [0.4, 0.5) is 0 Å². The van der Waals surface area contributed by atoms with Gasteiger partial charge in [0.2, 0.25) is 0 Å². The van der Waals surface area contributed by atoms with E-state index in [1.165, 1.54) is 0 Å². The van der Waals surface area contributed by atoms with Gasteiger partial charge in [-0.05, 0) is 38.5 Å². The summed E-state index contributed by atoms with van der Waals surface area (Å²) >= 11 is 1.07. The highest BCUT2D eigenvalue weighted by Gasteiger charge is 2.24. The van der Waals surface area contributed by atoms with E-state index in [2.05, 4.69) is 6.07 Å². The number of esters is 1. The van der Waals surface area contributed by atoms with E-state index in [0.29, 0.717) is 20.9 Å². The number of hydrogen-bond acceptors (Lipinski definition) is 6. The Kier molecular flexibility index (Phi) is 6.39. The third-order valence-corrected chi connectivity index (χ3v) is 6.54. The van der Waals surface area contributed by atoms with Crippen molar-refractivity contribution in [2.75, 3.05) is 6.61 Å². The summed E-state index contributed by atoms with van der Waals surface area (Å²) in [4.78, 5) is 25.9. The maximum absolute atomic E-state index is 13.0. The molecule has 0 saturated carbocycles. The van der Waals surface area contributed by atoms with Gasteiger partial charge in [0.05, 0.1) is 17.7 Å². The Morgan fingerprint density at radius 2 is 1.94 bits per heavy atom. The highest BCUT2D eigenvalue weighted by Crippen LogP contribution is 2.31. The molecule has 0 spiro atoms. The molecule has 0 fully saturated rings. The van der Waals surface area contributed by atoms with Crippen molar-refractivity contribution in [2.45, 2.75) is 27.2 Å². The minimum absolute atomic E-state index is 0.00656. The highest BCUT2D eigenvalue weighted by molar-refractivity contribution is 7.14. The van der Waals surface area contributed by atoms with Gasteiger partial charge in [-0.2, -0.15) is 10.5 Å². The number of para-hydroxylation sites is 1. The van der Waals surface area contributed by atoms with Gasteiger partial charge in [0, 0.05) is 40.5 Å². The number of thiophene rings is 1. The number of carbonyl (C=O) groups excluding carboxylic acids is 2. The highest BCUT2D eigenvalue weighted by atomic mass is 32.1. The van der Waals surface area contributed by atoms with Gasteiger partial charge in [-0.1, -0.05) is 18.2 Å². The smallest absolute Gasteiger partial charge is 0.348 e. The largest absolute Gasteiger partial charge is 0.462 e. The lowest BCUT2D eigenvalue weighted by Gasteiger charge is -2.01. The van der Waals surface area contributed by atoms with Crippen molar-refractivity contribution in [2.24, 2.45) is 7.05 Å². The number of hydrogen-bond donors (Lipinski definition) is 0. The Labute approximate surface area is 184 Å². The fourth-order valence-electron chi connectivity index (χ4n) is 3.53. The van der Waals surface area contributed by atoms with Crippen molar-refractivity contribution >= 4 is 40.1 Å². The zero-order valence-electron chi connectivity index (χ0n) is 17.8. The van der Waals surface area contributed by atoms with Gasteiger partial charge in [0.15, 0.2) is 5.78 Å².